The molecule has 2 unspecified atom stereocenters. The van der Waals surface area contributed by atoms with Crippen molar-refractivity contribution >= 4 is 52.1 Å². The summed E-state index contributed by atoms with van der Waals surface area (Å²) in [5.41, 5.74) is 0.843. The number of hydrogen-bond acceptors (Lipinski definition) is 7. The molecule has 1 aromatic rings. The topological polar surface area (TPSA) is 107 Å². The third-order valence-electron chi connectivity index (χ3n) is 5.83. The molecule has 0 saturated carbocycles. The van der Waals surface area contributed by atoms with Crippen molar-refractivity contribution in [1.29, 1.82) is 5.26 Å². The molecule has 0 bridgehead atoms. The van der Waals surface area contributed by atoms with Gasteiger partial charge in [-0.15, -0.1) is 0 Å². The third kappa shape index (κ3) is 4.59. The zero-order valence-corrected chi connectivity index (χ0v) is 20.2. The van der Waals surface area contributed by atoms with Crippen molar-refractivity contribution in [2.45, 2.75) is 33.6 Å². The van der Waals surface area contributed by atoms with Gasteiger partial charge in [0.2, 0.25) is 0 Å². The first-order chi connectivity index (χ1) is 15.0. The molecule has 0 radical (unpaired) electrons. The normalized spacial score (nSPS) is 22.5. The number of amides is 1. The molecular weight excluding hydrogens is 448 g/mol. The average Bonchev–Trinajstić information content (AvgIpc) is 2.97. The minimum absolute atomic E-state index is 0.00105. The van der Waals surface area contributed by atoms with E-state index in [-0.39, 0.29) is 30.0 Å². The molecule has 2 aliphatic rings. The molecule has 32 heavy (non-hydrogen) atoms. The molecule has 10 heteroatoms. The second-order valence-corrected chi connectivity index (χ2v) is 10.2. The Morgan fingerprint density at radius 3 is 2.50 bits per heavy atom. The molecule has 8 nitrogen and oxygen atoms in total. The number of piperidine rings is 1. The van der Waals surface area contributed by atoms with Gasteiger partial charge >= 0.3 is 5.97 Å². The Morgan fingerprint density at radius 1 is 1.31 bits per heavy atom. The lowest BCUT2D eigenvalue weighted by Gasteiger charge is -2.38. The van der Waals surface area contributed by atoms with Crippen LogP contribution >= 0.6 is 24.0 Å². The van der Waals surface area contributed by atoms with Crippen molar-refractivity contribution in [3.8, 4) is 6.07 Å². The standard InChI is InChI=1S/C22H26N4O4S2/c1-12-7-13(2)11-25(10-12)19-15(14(3)16(9-23)20(29)24(19)4)8-17-21(30)26(22(31)32-17)6-5-18(27)28/h8,12-13H,5-7,10-11H2,1-4H3,(H,27,28)/b17-8+. The molecule has 170 valence electrons. The Morgan fingerprint density at radius 2 is 1.94 bits per heavy atom. The molecule has 3 rings (SSSR count). The number of hydrogen-bond donors (Lipinski definition) is 1. The number of aromatic nitrogens is 1. The van der Waals surface area contributed by atoms with E-state index >= 15 is 0 Å². The van der Waals surface area contributed by atoms with Crippen molar-refractivity contribution in [3.05, 3.63) is 31.9 Å². The van der Waals surface area contributed by atoms with E-state index in [1.165, 1.54) is 9.47 Å². The summed E-state index contributed by atoms with van der Waals surface area (Å²) in [6.07, 6.45) is 2.58. The number of thiocarbonyl (C=S) groups is 1. The molecule has 0 spiro atoms. The number of aliphatic carboxylic acids is 1. The summed E-state index contributed by atoms with van der Waals surface area (Å²) in [7, 11) is 1.65. The molecule has 2 saturated heterocycles. The van der Waals surface area contributed by atoms with Gasteiger partial charge < -0.3 is 10.0 Å². The van der Waals surface area contributed by atoms with E-state index in [4.69, 9.17) is 17.3 Å². The highest BCUT2D eigenvalue weighted by Crippen LogP contribution is 2.37. The summed E-state index contributed by atoms with van der Waals surface area (Å²) in [4.78, 5) is 40.6. The van der Waals surface area contributed by atoms with Gasteiger partial charge in [0.15, 0.2) is 0 Å². The van der Waals surface area contributed by atoms with Gasteiger partial charge in [-0.25, -0.2) is 0 Å². The molecule has 2 atom stereocenters. The molecule has 1 aromatic heterocycles. The van der Waals surface area contributed by atoms with Crippen LogP contribution in [0.15, 0.2) is 9.70 Å². The summed E-state index contributed by atoms with van der Waals surface area (Å²) in [6.45, 7) is 7.60. The maximum absolute atomic E-state index is 13.0. The Hall–Kier alpha value is -2.64. The van der Waals surface area contributed by atoms with Crippen molar-refractivity contribution in [3.63, 3.8) is 0 Å². The maximum atomic E-state index is 13.0. The number of carboxylic acids is 1. The molecule has 0 aromatic carbocycles. The second kappa shape index (κ2) is 9.46. The Balaban J connectivity index is 2.13. The highest BCUT2D eigenvalue weighted by molar-refractivity contribution is 8.26. The van der Waals surface area contributed by atoms with Gasteiger partial charge in [-0.3, -0.25) is 23.9 Å². The van der Waals surface area contributed by atoms with E-state index in [0.717, 1.165) is 31.3 Å². The van der Waals surface area contributed by atoms with E-state index in [9.17, 15) is 19.6 Å². The predicted molar refractivity (Wildman–Crippen MR) is 128 cm³/mol. The first-order valence-corrected chi connectivity index (χ1v) is 11.6. The van der Waals surface area contributed by atoms with Crippen molar-refractivity contribution < 1.29 is 14.7 Å². The van der Waals surface area contributed by atoms with Gasteiger partial charge in [0.05, 0.1) is 11.3 Å². The van der Waals surface area contributed by atoms with Gasteiger partial charge in [-0.05, 0) is 36.8 Å². The number of thioether (sulfide) groups is 1. The molecular formula is C22H26N4O4S2. The van der Waals surface area contributed by atoms with Crippen molar-refractivity contribution in [2.24, 2.45) is 18.9 Å². The number of carboxylic acid groups (broad SMARTS) is 1. The summed E-state index contributed by atoms with van der Waals surface area (Å²) < 4.78 is 1.79. The van der Waals surface area contributed by atoms with Crippen LogP contribution in [0.2, 0.25) is 0 Å². The first-order valence-electron chi connectivity index (χ1n) is 10.4. The highest BCUT2D eigenvalue weighted by Gasteiger charge is 2.34. The largest absolute Gasteiger partial charge is 0.481 e. The number of anilines is 1. The fourth-order valence-electron chi connectivity index (χ4n) is 4.46. The smallest absolute Gasteiger partial charge is 0.305 e. The van der Waals surface area contributed by atoms with Crippen molar-refractivity contribution in [2.75, 3.05) is 24.5 Å². The number of carbonyl (C=O) groups is 2. The summed E-state index contributed by atoms with van der Waals surface area (Å²) in [6, 6.07) is 2.00. The third-order valence-corrected chi connectivity index (χ3v) is 7.21. The van der Waals surface area contributed by atoms with Gasteiger partial charge in [-0.2, -0.15) is 5.26 Å². The van der Waals surface area contributed by atoms with Gasteiger partial charge in [0, 0.05) is 32.2 Å². The summed E-state index contributed by atoms with van der Waals surface area (Å²) in [5.74, 6) is 0.185. The van der Waals surface area contributed by atoms with Crippen LogP contribution in [0.25, 0.3) is 6.08 Å². The fourth-order valence-corrected chi connectivity index (χ4v) is 5.75. The molecule has 1 N–H and O–H groups in total. The van der Waals surface area contributed by atoms with E-state index in [1.54, 1.807) is 20.0 Å². The highest BCUT2D eigenvalue weighted by atomic mass is 32.2. The van der Waals surface area contributed by atoms with Crippen LogP contribution in [0, 0.1) is 30.1 Å². The van der Waals surface area contributed by atoms with Gasteiger partial charge in [-0.1, -0.05) is 37.8 Å². The Labute approximate surface area is 196 Å². The van der Waals surface area contributed by atoms with E-state index in [2.05, 4.69) is 18.7 Å². The zero-order valence-electron chi connectivity index (χ0n) is 18.5. The van der Waals surface area contributed by atoms with Crippen LogP contribution in [0.5, 0.6) is 0 Å². The lowest BCUT2D eigenvalue weighted by atomic mass is 9.91. The maximum Gasteiger partial charge on any atom is 0.305 e. The lowest BCUT2D eigenvalue weighted by Crippen LogP contribution is -2.42. The Kier molecular flexibility index (Phi) is 7.10. The predicted octanol–water partition coefficient (Wildman–Crippen LogP) is 2.72. The van der Waals surface area contributed by atoms with Crippen LogP contribution in [-0.2, 0) is 16.6 Å². The van der Waals surface area contributed by atoms with Crippen LogP contribution < -0.4 is 10.5 Å². The Bertz CT molecular complexity index is 1110. The quantitative estimate of drug-likeness (QED) is 0.513. The lowest BCUT2D eigenvalue weighted by molar-refractivity contribution is -0.137. The van der Waals surface area contributed by atoms with Crippen LogP contribution in [0.4, 0.5) is 5.82 Å². The summed E-state index contributed by atoms with van der Waals surface area (Å²) in [5, 5.41) is 18.5. The van der Waals surface area contributed by atoms with Crippen LogP contribution in [-0.4, -0.2) is 50.4 Å². The molecule has 0 aliphatic carbocycles. The first kappa shape index (κ1) is 24.0. The number of nitriles is 1. The minimum atomic E-state index is -1.01. The van der Waals surface area contributed by atoms with E-state index in [0.29, 0.717) is 38.0 Å². The van der Waals surface area contributed by atoms with E-state index < -0.39 is 5.97 Å². The molecule has 2 aliphatic heterocycles. The monoisotopic (exact) mass is 474 g/mol. The second-order valence-electron chi connectivity index (χ2n) is 8.54. The van der Waals surface area contributed by atoms with Crippen LogP contribution in [0.3, 0.4) is 0 Å². The molecule has 3 heterocycles. The summed E-state index contributed by atoms with van der Waals surface area (Å²) >= 11 is 6.40. The van der Waals surface area contributed by atoms with Gasteiger partial charge in [0.25, 0.3) is 11.5 Å². The number of rotatable bonds is 5. The van der Waals surface area contributed by atoms with Gasteiger partial charge in [0.1, 0.15) is 21.8 Å². The van der Waals surface area contributed by atoms with Crippen LogP contribution in [0.1, 0.15) is 43.4 Å². The number of nitrogens with zero attached hydrogens (tertiary/aromatic N) is 4. The van der Waals surface area contributed by atoms with E-state index in [1.807, 2.05) is 6.07 Å². The number of pyridine rings is 1. The zero-order chi connectivity index (χ0) is 23.7. The molecule has 1 amide bonds. The average molecular weight is 475 g/mol. The SMILES string of the molecule is Cc1c(/C=C2/SC(=S)N(CCC(=O)O)C2=O)c(N2CC(C)CC(C)C2)n(C)c(=O)c1C#N. The minimum Gasteiger partial charge on any atom is -0.481 e. The van der Waals surface area contributed by atoms with Crippen molar-refractivity contribution in [1.82, 2.24) is 9.47 Å². The molecule has 2 fully saturated rings. The fraction of sp³-hybridized carbons (Fsp3) is 0.500. The number of carbonyl (C=O) groups excluding carboxylic acids is 1.